The summed E-state index contributed by atoms with van der Waals surface area (Å²) in [5.41, 5.74) is 0.311. The van der Waals surface area contributed by atoms with Crippen LogP contribution in [-0.4, -0.2) is 19.3 Å². The summed E-state index contributed by atoms with van der Waals surface area (Å²) < 4.78 is 7.64. The van der Waals surface area contributed by atoms with Crippen LogP contribution in [-0.2, 0) is 4.79 Å². The number of ether oxygens (including phenoxy) is 1. The van der Waals surface area contributed by atoms with E-state index < -0.39 is 10.7 Å². The maximum absolute atomic E-state index is 10.7. The van der Waals surface area contributed by atoms with Crippen LogP contribution in [0.5, 0.6) is 5.75 Å². The molecule has 5 nitrogen and oxygen atoms in total. The minimum Gasteiger partial charge on any atom is -0.487 e. The molecule has 0 spiro atoms. The molecule has 1 heterocycles. The minimum atomic E-state index is -0.844. The number of nitrogens with one attached hydrogen (secondary N) is 1. The number of nitrogens with zero attached hydrogens (tertiary/aromatic N) is 1. The molecule has 0 fully saturated rings. The van der Waals surface area contributed by atoms with Crippen molar-refractivity contribution < 1.29 is 14.3 Å². The number of carbonyl (C=O) groups is 2. The van der Waals surface area contributed by atoms with E-state index in [1.165, 1.54) is 5.38 Å². The van der Waals surface area contributed by atoms with Crippen molar-refractivity contribution in [2.24, 2.45) is 0 Å². The topological polar surface area (TPSA) is 79.2 Å². The second-order valence-electron chi connectivity index (χ2n) is 2.47. The minimum absolute atomic E-state index is 0.271. The summed E-state index contributed by atoms with van der Waals surface area (Å²) in [7, 11) is -0.844. The Hall–Kier alpha value is -1.87. The third-order valence-corrected chi connectivity index (χ3v) is 3.18. The van der Waals surface area contributed by atoms with E-state index in [1.807, 2.05) is 6.07 Å². The smallest absolute Gasteiger partial charge is 0.319 e. The Bertz CT molecular complexity index is 420. The standard InChI is InChI=1S/C9H8N2O3S/c1-2-14-9-7(4-12)5-15(11-6-13)8(9)3-10/h4-6H,2H2,1H3/p+1. The van der Waals surface area contributed by atoms with Crippen LogP contribution in [0.3, 0.4) is 0 Å². The van der Waals surface area contributed by atoms with Gasteiger partial charge in [0.25, 0.3) is 6.41 Å². The lowest BCUT2D eigenvalue weighted by Gasteiger charge is -1.97. The second kappa shape index (κ2) is 5.12. The van der Waals surface area contributed by atoms with Crippen molar-refractivity contribution in [3.63, 3.8) is 0 Å². The average Bonchev–Trinajstić information content (AvgIpc) is 2.57. The molecular formula is C9H9N2O3S+. The first-order valence-corrected chi connectivity index (χ1v) is 5.44. The highest BCUT2D eigenvalue weighted by Crippen LogP contribution is 2.35. The molecule has 0 saturated carbocycles. The molecule has 0 aliphatic heterocycles. The molecule has 0 bridgehead atoms. The number of nitriles is 1. The zero-order valence-electron chi connectivity index (χ0n) is 8.02. The van der Waals surface area contributed by atoms with Crippen LogP contribution in [0.2, 0.25) is 0 Å². The molecule has 0 radical (unpaired) electrons. The highest BCUT2D eigenvalue weighted by Gasteiger charge is 2.27. The zero-order chi connectivity index (χ0) is 11.3. The van der Waals surface area contributed by atoms with Gasteiger partial charge in [-0.3, -0.25) is 9.59 Å². The summed E-state index contributed by atoms with van der Waals surface area (Å²) in [5.74, 6) is 0.271. The van der Waals surface area contributed by atoms with Crippen molar-refractivity contribution in [1.82, 2.24) is 0 Å². The Morgan fingerprint density at radius 1 is 1.67 bits per heavy atom. The molecule has 1 atom stereocenters. The third kappa shape index (κ3) is 2.14. The van der Waals surface area contributed by atoms with Crippen LogP contribution >= 0.6 is 10.7 Å². The molecule has 1 aromatic rings. The fraction of sp³-hybridized carbons (Fsp3) is 0.222. The predicted molar refractivity (Wildman–Crippen MR) is 55.6 cm³/mol. The summed E-state index contributed by atoms with van der Waals surface area (Å²) in [6.45, 7) is 2.12. The molecule has 0 aliphatic carbocycles. The quantitative estimate of drug-likeness (QED) is 0.603. The van der Waals surface area contributed by atoms with E-state index in [-0.39, 0.29) is 10.6 Å². The highest BCUT2D eigenvalue weighted by molar-refractivity contribution is 7.33. The Morgan fingerprint density at radius 2 is 2.40 bits per heavy atom. The van der Waals surface area contributed by atoms with Crippen LogP contribution in [0.1, 0.15) is 22.2 Å². The fourth-order valence-corrected chi connectivity index (χ4v) is 2.39. The first kappa shape index (κ1) is 11.2. The van der Waals surface area contributed by atoms with E-state index in [9.17, 15) is 9.59 Å². The predicted octanol–water partition coefficient (Wildman–Crippen LogP) is 1.22. The number of hydrogen-bond acceptors (Lipinski definition) is 4. The fourth-order valence-electron chi connectivity index (χ4n) is 1.09. The molecule has 0 saturated heterocycles. The van der Waals surface area contributed by atoms with Gasteiger partial charge in [-0.2, -0.15) is 9.98 Å². The summed E-state index contributed by atoms with van der Waals surface area (Å²) in [6.07, 6.45) is 1.11. The van der Waals surface area contributed by atoms with E-state index in [1.54, 1.807) is 6.92 Å². The zero-order valence-corrected chi connectivity index (χ0v) is 8.84. The van der Waals surface area contributed by atoms with Gasteiger partial charge >= 0.3 is 4.88 Å². The number of aldehydes is 1. The molecule has 1 unspecified atom stereocenters. The molecule has 6 heteroatoms. The third-order valence-electron chi connectivity index (χ3n) is 1.63. The maximum atomic E-state index is 10.7. The van der Waals surface area contributed by atoms with E-state index >= 15 is 0 Å². The average molecular weight is 225 g/mol. The van der Waals surface area contributed by atoms with Crippen molar-refractivity contribution in [3.05, 3.63) is 15.8 Å². The summed E-state index contributed by atoms with van der Waals surface area (Å²) in [6, 6.07) is 1.93. The monoisotopic (exact) mass is 225 g/mol. The van der Waals surface area contributed by atoms with Crippen LogP contribution in [0.15, 0.2) is 5.38 Å². The normalized spacial score (nSPS) is 10.3. The van der Waals surface area contributed by atoms with E-state index in [2.05, 4.69) is 4.72 Å². The van der Waals surface area contributed by atoms with Crippen LogP contribution in [0, 0.1) is 11.3 Å². The van der Waals surface area contributed by atoms with Gasteiger partial charge in [0, 0.05) is 0 Å². The second-order valence-corrected chi connectivity index (χ2v) is 4.02. The van der Waals surface area contributed by atoms with Gasteiger partial charge in [-0.15, -0.1) is 0 Å². The molecule has 0 aromatic carbocycles. The Morgan fingerprint density at radius 3 is 2.87 bits per heavy atom. The lowest BCUT2D eigenvalue weighted by molar-refractivity contribution is -0.105. The maximum Gasteiger partial charge on any atom is 0.319 e. The summed E-state index contributed by atoms with van der Waals surface area (Å²) in [5, 5.41) is 10.4. The number of thiophene rings is 1. The van der Waals surface area contributed by atoms with Crippen molar-refractivity contribution in [2.75, 3.05) is 11.3 Å². The van der Waals surface area contributed by atoms with Crippen molar-refractivity contribution >= 4 is 23.4 Å². The molecule has 1 N–H and O–H groups in total. The van der Waals surface area contributed by atoms with Crippen LogP contribution in [0.4, 0.5) is 0 Å². The summed E-state index contributed by atoms with van der Waals surface area (Å²) >= 11 is 0. The van der Waals surface area contributed by atoms with Gasteiger partial charge in [-0.1, -0.05) is 0 Å². The first-order chi connectivity index (χ1) is 7.28. The van der Waals surface area contributed by atoms with Crippen molar-refractivity contribution in [3.8, 4) is 11.8 Å². The van der Waals surface area contributed by atoms with Gasteiger partial charge < -0.3 is 4.74 Å². The largest absolute Gasteiger partial charge is 0.487 e. The van der Waals surface area contributed by atoms with E-state index in [0.29, 0.717) is 24.9 Å². The van der Waals surface area contributed by atoms with Gasteiger partial charge in [-0.25, -0.2) is 0 Å². The molecule has 78 valence electrons. The highest BCUT2D eigenvalue weighted by atomic mass is 32.2. The van der Waals surface area contributed by atoms with E-state index in [4.69, 9.17) is 10.00 Å². The van der Waals surface area contributed by atoms with E-state index in [0.717, 1.165) is 0 Å². The van der Waals surface area contributed by atoms with Crippen molar-refractivity contribution in [1.29, 1.82) is 5.26 Å². The van der Waals surface area contributed by atoms with Gasteiger partial charge in [0.05, 0.1) is 6.61 Å². The molecule has 1 rings (SSSR count). The lowest BCUT2D eigenvalue weighted by atomic mass is 10.3. The Labute approximate surface area is 89.4 Å². The van der Waals surface area contributed by atoms with Gasteiger partial charge in [-0.05, 0) is 6.92 Å². The molecule has 15 heavy (non-hydrogen) atoms. The number of carbonyl (C=O) groups excluding carboxylic acids is 2. The number of hydrogen-bond donors (Lipinski definition) is 1. The number of rotatable bonds is 5. The van der Waals surface area contributed by atoms with Crippen LogP contribution < -0.4 is 9.46 Å². The molecule has 0 aliphatic rings. The molecule has 1 aromatic heterocycles. The first-order valence-electron chi connectivity index (χ1n) is 4.15. The van der Waals surface area contributed by atoms with Gasteiger partial charge in [0.15, 0.2) is 17.7 Å². The van der Waals surface area contributed by atoms with Crippen LogP contribution in [0.25, 0.3) is 0 Å². The molecule has 1 amide bonds. The Balaban J connectivity index is 3.26. The van der Waals surface area contributed by atoms with Gasteiger partial charge in [0.1, 0.15) is 16.2 Å². The number of amides is 1. The lowest BCUT2D eigenvalue weighted by Crippen LogP contribution is -1.95. The van der Waals surface area contributed by atoms with Gasteiger partial charge in [0.2, 0.25) is 5.75 Å². The molecular weight excluding hydrogens is 216 g/mol. The SMILES string of the molecule is CCOc1c(C=O)c[s+](NC=O)c1C#N. The van der Waals surface area contributed by atoms with Crippen molar-refractivity contribution in [2.45, 2.75) is 6.92 Å². The summed E-state index contributed by atoms with van der Waals surface area (Å²) in [4.78, 5) is 21.3. The Kier molecular flexibility index (Phi) is 3.83.